The fourth-order valence-electron chi connectivity index (χ4n) is 10.3. The predicted molar refractivity (Wildman–Crippen MR) is 300 cm³/mol. The Morgan fingerprint density at radius 2 is 1.68 bits per heavy atom. The predicted octanol–water partition coefficient (Wildman–Crippen LogP) is 4.98. The van der Waals surface area contributed by atoms with E-state index in [4.69, 9.17) is 40.1 Å². The molecule has 2 aromatic rings. The number of alkyl carbamates (subject to hydrolysis) is 1. The normalized spacial score (nSPS) is 24.7. The number of allylic oxidation sites excluding steroid dienone is 3. The first-order valence-corrected chi connectivity index (χ1v) is 27.9. The molecular weight excluding hydrogens is 1090 g/mol. The van der Waals surface area contributed by atoms with Crippen LogP contribution in [0.5, 0.6) is 5.75 Å². The summed E-state index contributed by atoms with van der Waals surface area (Å²) in [7, 11) is 5.77. The summed E-state index contributed by atoms with van der Waals surface area (Å²) in [5.41, 5.74) is 2.11. The van der Waals surface area contributed by atoms with E-state index in [1.807, 2.05) is 13.0 Å². The first kappa shape index (κ1) is 64.3. The molecule has 82 heavy (non-hydrogen) atoms. The van der Waals surface area contributed by atoms with Crippen molar-refractivity contribution in [3.05, 3.63) is 76.3 Å². The van der Waals surface area contributed by atoms with Gasteiger partial charge in [0.2, 0.25) is 35.4 Å². The number of amides is 7. The van der Waals surface area contributed by atoms with Crippen LogP contribution in [0.4, 0.5) is 16.2 Å². The second-order valence-electron chi connectivity index (χ2n) is 21.8. The third kappa shape index (κ3) is 16.6. The highest BCUT2D eigenvalue weighted by Gasteiger charge is 2.64. The molecule has 2 aromatic carbocycles. The molecule has 448 valence electrons. The molecule has 0 saturated carbocycles. The van der Waals surface area contributed by atoms with E-state index in [2.05, 4.69) is 21.4 Å². The van der Waals surface area contributed by atoms with Crippen molar-refractivity contribution >= 4 is 76.3 Å². The highest BCUT2D eigenvalue weighted by Crippen LogP contribution is 2.49. The number of ketones is 1. The van der Waals surface area contributed by atoms with Crippen LogP contribution in [-0.4, -0.2) is 157 Å². The van der Waals surface area contributed by atoms with E-state index in [-0.39, 0.29) is 67.2 Å². The molecule has 0 spiro atoms. The van der Waals surface area contributed by atoms with Gasteiger partial charge < -0.3 is 54.1 Å². The average Bonchev–Trinajstić information content (AvgIpc) is 4.32. The number of rotatable bonds is 19. The van der Waals surface area contributed by atoms with Crippen LogP contribution in [0.15, 0.2) is 60.2 Å². The number of carbonyl (C=O) groups is 9. The zero-order valence-electron chi connectivity index (χ0n) is 48.3. The fourth-order valence-corrected chi connectivity index (χ4v) is 10.6. The van der Waals surface area contributed by atoms with Gasteiger partial charge in [0.25, 0.3) is 0 Å². The standard InChI is InChI=1S/C58H78ClN7O16/c1-33-13-11-14-45(78-10)58(76)31-44(80-56(75)62-58)34(2)53-57(6,82-53)46(30-51(72)65(8)42-28-39(27-33)29-43(77-9)52(42)59)81-55(74)36(4)64(7)49(70)22-21-48(69)63-79-32-38-17-19-41(20-18-38)61-54(73)35(3)60-47(68)15-12-16-50(71)66-25-23-40(24-26-66)37(5)67/h11,13-14,17-20,28-29,34-36,40,44-46,53,76H,12,15-16,21-27,30-32H2,1-10H3,(H,60,68)(H,61,73)(H,62,75)(H,63,69). The van der Waals surface area contributed by atoms with Crippen molar-refractivity contribution in [2.75, 3.05) is 51.6 Å². The van der Waals surface area contributed by atoms with Gasteiger partial charge >= 0.3 is 12.1 Å². The Kier molecular flexibility index (Phi) is 22.2. The number of esters is 1. The monoisotopic (exact) mass is 1160 g/mol. The Labute approximate surface area is 483 Å². The van der Waals surface area contributed by atoms with Crippen LogP contribution in [0.1, 0.15) is 110 Å². The molecule has 4 aliphatic heterocycles. The topological polar surface area (TPSA) is 290 Å². The lowest BCUT2D eigenvalue weighted by Gasteiger charge is -2.42. The van der Waals surface area contributed by atoms with Crippen LogP contribution in [0, 0.1) is 11.8 Å². The van der Waals surface area contributed by atoms with E-state index in [1.54, 1.807) is 81.1 Å². The molecule has 9 atom stereocenters. The summed E-state index contributed by atoms with van der Waals surface area (Å²) in [4.78, 5) is 127. The molecule has 3 fully saturated rings. The van der Waals surface area contributed by atoms with Crippen molar-refractivity contribution in [1.82, 2.24) is 25.9 Å². The van der Waals surface area contributed by atoms with Crippen molar-refractivity contribution < 1.29 is 76.8 Å². The smallest absolute Gasteiger partial charge is 0.409 e. The second-order valence-corrected chi connectivity index (χ2v) is 22.2. The number of ether oxygens (including phenoxy) is 5. The number of likely N-dealkylation sites (tertiary alicyclic amines) is 1. The van der Waals surface area contributed by atoms with Crippen LogP contribution in [0.3, 0.4) is 0 Å². The van der Waals surface area contributed by atoms with Crippen molar-refractivity contribution in [3.8, 4) is 5.75 Å². The molecule has 3 saturated heterocycles. The summed E-state index contributed by atoms with van der Waals surface area (Å²) in [6, 6.07) is 7.99. The van der Waals surface area contributed by atoms with Crippen molar-refractivity contribution in [2.24, 2.45) is 11.8 Å². The minimum atomic E-state index is -1.90. The summed E-state index contributed by atoms with van der Waals surface area (Å²) < 4.78 is 29.3. The first-order chi connectivity index (χ1) is 38.8. The number of likely N-dealkylation sites (N-methyl/N-ethyl adjacent to an activating group) is 1. The Bertz CT molecular complexity index is 2770. The molecule has 4 aliphatic rings. The van der Waals surface area contributed by atoms with Gasteiger partial charge in [-0.05, 0) is 95.7 Å². The Hall–Kier alpha value is -6.92. The Morgan fingerprint density at radius 3 is 2.34 bits per heavy atom. The highest BCUT2D eigenvalue weighted by molar-refractivity contribution is 6.35. The molecule has 6 rings (SSSR count). The molecular formula is C58H78ClN7O16. The number of methoxy groups -OCH3 is 2. The van der Waals surface area contributed by atoms with Crippen molar-refractivity contribution in [3.63, 3.8) is 0 Å². The number of fused-ring (bicyclic) bond motifs is 5. The molecule has 0 radical (unpaired) electrons. The number of hydrogen-bond acceptors (Lipinski definition) is 16. The second kappa shape index (κ2) is 28.4. The molecule has 24 heteroatoms. The number of nitrogens with one attached hydrogen (secondary N) is 4. The van der Waals surface area contributed by atoms with E-state index in [0.29, 0.717) is 61.5 Å². The van der Waals surface area contributed by atoms with E-state index < -0.39 is 95.9 Å². The lowest BCUT2D eigenvalue weighted by Crippen LogP contribution is -2.63. The lowest BCUT2D eigenvalue weighted by molar-refractivity contribution is -0.162. The molecule has 0 aromatic heterocycles. The summed E-state index contributed by atoms with van der Waals surface area (Å²) in [5.74, 6) is -3.65. The van der Waals surface area contributed by atoms with E-state index >= 15 is 0 Å². The number of epoxide rings is 1. The number of hydrogen-bond donors (Lipinski definition) is 5. The minimum absolute atomic E-state index is 0.00939. The number of nitrogens with zero attached hydrogens (tertiary/aromatic N) is 3. The fraction of sp³-hybridized carbons (Fsp3) is 0.569. The number of halogens is 1. The molecule has 5 N–H and O–H groups in total. The number of anilines is 2. The number of carbonyl (C=O) groups excluding carboxylic acids is 9. The largest absolute Gasteiger partial charge is 0.495 e. The summed E-state index contributed by atoms with van der Waals surface area (Å²) in [6.45, 7) is 10.8. The van der Waals surface area contributed by atoms with E-state index in [9.17, 15) is 48.3 Å². The van der Waals surface area contributed by atoms with Gasteiger partial charge in [0.05, 0.1) is 31.9 Å². The molecule has 0 aliphatic carbocycles. The summed E-state index contributed by atoms with van der Waals surface area (Å²) in [6.07, 6.45) is 1.45. The number of Topliss-reactive ketones (excluding diaryl/α,β-unsaturated/α-hetero) is 1. The SMILES string of the molecule is COc1cc2cc(c1Cl)N(C)C(=O)CC(OC(=O)C(C)N(C)C(=O)CCC(=O)NOCc1ccc(NC(=O)C(C)NC(=O)CCCC(=O)N3CCC(C(C)=O)CC3)cc1)C1(C)OC1C(C)C1CC(O)(NC(=O)O1)C(OC)C=CC=C(C)C2. The molecule has 9 unspecified atom stereocenters. The Balaban J connectivity index is 0.998. The number of aliphatic hydroxyl groups is 1. The molecule has 4 bridgehead atoms. The Morgan fingerprint density at radius 1 is 0.988 bits per heavy atom. The maximum Gasteiger partial charge on any atom is 0.409 e. The van der Waals surface area contributed by atoms with Gasteiger partial charge in [-0.2, -0.15) is 0 Å². The van der Waals surface area contributed by atoms with E-state index in [0.717, 1.165) is 16.0 Å². The first-order valence-electron chi connectivity index (χ1n) is 27.5. The van der Waals surface area contributed by atoms with Crippen LogP contribution in [0.2, 0.25) is 5.02 Å². The van der Waals surface area contributed by atoms with Gasteiger partial charge in [0.15, 0.2) is 5.72 Å². The van der Waals surface area contributed by atoms with Gasteiger partial charge in [-0.1, -0.05) is 54.5 Å². The van der Waals surface area contributed by atoms with Crippen LogP contribution in [0.25, 0.3) is 0 Å². The third-order valence-electron chi connectivity index (χ3n) is 15.7. The van der Waals surface area contributed by atoms with Gasteiger partial charge in [-0.15, -0.1) is 0 Å². The maximum atomic E-state index is 14.4. The van der Waals surface area contributed by atoms with Crippen molar-refractivity contribution in [2.45, 2.75) is 160 Å². The third-order valence-corrected chi connectivity index (χ3v) is 16.1. The zero-order chi connectivity index (χ0) is 60.2. The molecule has 23 nitrogen and oxygen atoms in total. The van der Waals surface area contributed by atoms with Crippen LogP contribution >= 0.6 is 11.6 Å². The maximum absolute atomic E-state index is 14.4. The molecule has 7 amide bonds. The summed E-state index contributed by atoms with van der Waals surface area (Å²) >= 11 is 6.81. The van der Waals surface area contributed by atoms with Crippen LogP contribution in [-0.2, 0) is 75.2 Å². The van der Waals surface area contributed by atoms with Crippen molar-refractivity contribution in [1.29, 1.82) is 0 Å². The van der Waals surface area contributed by atoms with Gasteiger partial charge in [0, 0.05) is 83.9 Å². The van der Waals surface area contributed by atoms with Gasteiger partial charge in [0.1, 0.15) is 52.6 Å². The number of benzene rings is 2. The highest BCUT2D eigenvalue weighted by atomic mass is 35.5. The zero-order valence-corrected chi connectivity index (χ0v) is 49.1. The quantitative estimate of drug-likeness (QED) is 0.0704. The molecule has 4 heterocycles. The average molecular weight is 1160 g/mol. The van der Waals surface area contributed by atoms with E-state index in [1.165, 1.54) is 40.1 Å². The lowest BCUT2D eigenvalue weighted by atomic mass is 9.83. The van der Waals surface area contributed by atoms with Gasteiger partial charge in [-0.25, -0.2) is 15.1 Å². The summed E-state index contributed by atoms with van der Waals surface area (Å²) in [5, 5.41) is 19.9. The minimum Gasteiger partial charge on any atom is -0.495 e. The number of hydroxylamine groups is 1. The number of piperidine rings is 1. The van der Waals surface area contributed by atoms with Crippen LogP contribution < -0.4 is 31.1 Å². The van der Waals surface area contributed by atoms with Gasteiger partial charge in [-0.3, -0.25) is 43.7 Å².